The van der Waals surface area contributed by atoms with Crippen molar-refractivity contribution in [3.63, 3.8) is 0 Å². The first-order valence-corrected chi connectivity index (χ1v) is 9.37. The largest absolute Gasteiger partial charge is 0.356 e. The third-order valence-electron chi connectivity index (χ3n) is 4.31. The summed E-state index contributed by atoms with van der Waals surface area (Å²) in [6, 6.07) is 5.64. The lowest BCUT2D eigenvalue weighted by molar-refractivity contribution is -0.126. The number of likely N-dealkylation sites (tertiary alicyclic amines) is 1. The highest BCUT2D eigenvalue weighted by Gasteiger charge is 2.30. The summed E-state index contributed by atoms with van der Waals surface area (Å²) in [5.41, 5.74) is 1.49. The van der Waals surface area contributed by atoms with E-state index in [9.17, 15) is 9.59 Å². The van der Waals surface area contributed by atoms with Crippen LogP contribution in [-0.2, 0) is 4.79 Å². The van der Waals surface area contributed by atoms with Crippen LogP contribution in [0, 0.1) is 12.8 Å². The molecule has 1 N–H and O–H groups in total. The number of amides is 2. The second-order valence-corrected chi connectivity index (χ2v) is 7.13. The van der Waals surface area contributed by atoms with Crippen LogP contribution in [0.25, 0.3) is 10.7 Å². The topological polar surface area (TPSA) is 75.2 Å². The number of carbonyl (C=O) groups is 2. The molecular formula is C18H22N4O2S. The summed E-state index contributed by atoms with van der Waals surface area (Å²) in [6.07, 6.45) is 3.39. The maximum Gasteiger partial charge on any atom is 0.265 e. The molecule has 0 bridgehead atoms. The normalized spacial score (nSPS) is 17.4. The first-order chi connectivity index (χ1) is 12.1. The molecule has 1 saturated heterocycles. The molecule has 0 aliphatic carbocycles. The zero-order valence-corrected chi connectivity index (χ0v) is 15.3. The number of aromatic nitrogens is 2. The molecular weight excluding hydrogens is 336 g/mol. The highest BCUT2D eigenvalue weighted by Crippen LogP contribution is 2.28. The lowest BCUT2D eigenvalue weighted by Gasteiger charge is -2.31. The van der Waals surface area contributed by atoms with Crippen LogP contribution in [0.15, 0.2) is 24.4 Å². The van der Waals surface area contributed by atoms with E-state index in [1.165, 1.54) is 11.3 Å². The Kier molecular flexibility index (Phi) is 5.43. The van der Waals surface area contributed by atoms with Crippen LogP contribution in [0.4, 0.5) is 0 Å². The Labute approximate surface area is 151 Å². The molecule has 132 valence electrons. The quantitative estimate of drug-likeness (QED) is 0.911. The van der Waals surface area contributed by atoms with E-state index >= 15 is 0 Å². The van der Waals surface area contributed by atoms with E-state index in [0.717, 1.165) is 29.2 Å². The summed E-state index contributed by atoms with van der Waals surface area (Å²) >= 11 is 1.37. The zero-order chi connectivity index (χ0) is 17.8. The van der Waals surface area contributed by atoms with Gasteiger partial charge in [0.1, 0.15) is 9.88 Å². The molecule has 2 aromatic rings. The number of nitrogens with zero attached hydrogens (tertiary/aromatic N) is 3. The molecule has 0 spiro atoms. The van der Waals surface area contributed by atoms with Crippen molar-refractivity contribution < 1.29 is 9.59 Å². The van der Waals surface area contributed by atoms with Gasteiger partial charge < -0.3 is 10.2 Å². The number of aryl methyl sites for hydroxylation is 1. The van der Waals surface area contributed by atoms with Gasteiger partial charge in [-0.3, -0.25) is 14.6 Å². The first-order valence-electron chi connectivity index (χ1n) is 8.56. The van der Waals surface area contributed by atoms with Crippen molar-refractivity contribution in [2.45, 2.75) is 26.7 Å². The van der Waals surface area contributed by atoms with Crippen molar-refractivity contribution in [1.82, 2.24) is 20.2 Å². The molecule has 3 heterocycles. The summed E-state index contributed by atoms with van der Waals surface area (Å²) in [7, 11) is 0. The van der Waals surface area contributed by atoms with Gasteiger partial charge in [-0.1, -0.05) is 6.07 Å². The van der Waals surface area contributed by atoms with E-state index < -0.39 is 0 Å². The molecule has 7 heteroatoms. The fourth-order valence-corrected chi connectivity index (χ4v) is 4.04. The van der Waals surface area contributed by atoms with Crippen LogP contribution in [0.3, 0.4) is 0 Å². The minimum atomic E-state index is -0.124. The Morgan fingerprint density at radius 1 is 1.40 bits per heavy atom. The molecule has 0 radical (unpaired) electrons. The van der Waals surface area contributed by atoms with Crippen molar-refractivity contribution in [3.05, 3.63) is 35.0 Å². The van der Waals surface area contributed by atoms with E-state index in [1.807, 2.05) is 32.0 Å². The van der Waals surface area contributed by atoms with Crippen LogP contribution in [0.1, 0.15) is 35.1 Å². The summed E-state index contributed by atoms with van der Waals surface area (Å²) < 4.78 is 0. The molecule has 0 saturated carbocycles. The monoisotopic (exact) mass is 358 g/mol. The molecule has 1 aliphatic heterocycles. The fourth-order valence-electron chi connectivity index (χ4n) is 3.03. The second-order valence-electron chi connectivity index (χ2n) is 6.13. The minimum absolute atomic E-state index is 0.0359. The molecule has 1 atom stereocenters. The van der Waals surface area contributed by atoms with Gasteiger partial charge >= 0.3 is 0 Å². The SMILES string of the molecule is CCNC(=O)C1CCCN(C(=O)c2sc(-c3ccccn3)nc2C)C1. The Hall–Kier alpha value is -2.28. The average Bonchev–Trinajstić information content (AvgIpc) is 3.04. The number of nitrogens with one attached hydrogen (secondary N) is 1. The Morgan fingerprint density at radius 3 is 2.96 bits per heavy atom. The van der Waals surface area contributed by atoms with Crippen molar-refractivity contribution in [2.24, 2.45) is 5.92 Å². The predicted octanol–water partition coefficient (Wildman–Crippen LogP) is 2.50. The maximum absolute atomic E-state index is 12.9. The molecule has 0 aromatic carbocycles. The van der Waals surface area contributed by atoms with Gasteiger partial charge in [-0.2, -0.15) is 0 Å². The molecule has 3 rings (SSSR count). The third kappa shape index (κ3) is 3.87. The van der Waals surface area contributed by atoms with Crippen molar-refractivity contribution in [3.8, 4) is 10.7 Å². The number of thiazole rings is 1. The van der Waals surface area contributed by atoms with Crippen molar-refractivity contribution in [1.29, 1.82) is 0 Å². The van der Waals surface area contributed by atoms with Gasteiger partial charge in [0, 0.05) is 25.8 Å². The van der Waals surface area contributed by atoms with Crippen LogP contribution in [-0.4, -0.2) is 46.3 Å². The van der Waals surface area contributed by atoms with Crippen LogP contribution >= 0.6 is 11.3 Å². The third-order valence-corrected chi connectivity index (χ3v) is 5.47. The van der Waals surface area contributed by atoms with E-state index in [2.05, 4.69) is 15.3 Å². The van der Waals surface area contributed by atoms with E-state index in [4.69, 9.17) is 0 Å². The Bertz CT molecular complexity index is 760. The van der Waals surface area contributed by atoms with E-state index in [1.54, 1.807) is 11.1 Å². The number of hydrogen-bond acceptors (Lipinski definition) is 5. The first kappa shape index (κ1) is 17.5. The van der Waals surface area contributed by atoms with Crippen molar-refractivity contribution in [2.75, 3.05) is 19.6 Å². The molecule has 2 amide bonds. The summed E-state index contributed by atoms with van der Waals surface area (Å²) in [5, 5.41) is 3.61. The average molecular weight is 358 g/mol. The molecule has 1 fully saturated rings. The molecule has 1 unspecified atom stereocenters. The smallest absolute Gasteiger partial charge is 0.265 e. The van der Waals surface area contributed by atoms with Gasteiger partial charge in [0.05, 0.1) is 17.3 Å². The van der Waals surface area contributed by atoms with E-state index in [0.29, 0.717) is 24.5 Å². The number of carbonyl (C=O) groups excluding carboxylic acids is 2. The van der Waals surface area contributed by atoms with Crippen LogP contribution in [0.5, 0.6) is 0 Å². The number of pyridine rings is 1. The van der Waals surface area contributed by atoms with Gasteiger partial charge in [-0.05, 0) is 38.8 Å². The van der Waals surface area contributed by atoms with Gasteiger partial charge in [0.2, 0.25) is 5.91 Å². The second kappa shape index (κ2) is 7.74. The van der Waals surface area contributed by atoms with Gasteiger partial charge in [0.25, 0.3) is 5.91 Å². The summed E-state index contributed by atoms with van der Waals surface area (Å²) in [4.78, 5) is 36.3. The highest BCUT2D eigenvalue weighted by atomic mass is 32.1. The summed E-state index contributed by atoms with van der Waals surface area (Å²) in [5.74, 6) is -0.123. The minimum Gasteiger partial charge on any atom is -0.356 e. The van der Waals surface area contributed by atoms with Crippen LogP contribution in [0.2, 0.25) is 0 Å². The number of piperidine rings is 1. The fraction of sp³-hybridized carbons (Fsp3) is 0.444. The Balaban J connectivity index is 1.77. The molecule has 2 aromatic heterocycles. The number of rotatable bonds is 4. The lowest BCUT2D eigenvalue weighted by Crippen LogP contribution is -2.45. The number of hydrogen-bond donors (Lipinski definition) is 1. The van der Waals surface area contributed by atoms with Gasteiger partial charge in [-0.25, -0.2) is 4.98 Å². The summed E-state index contributed by atoms with van der Waals surface area (Å²) in [6.45, 7) is 5.53. The van der Waals surface area contributed by atoms with Gasteiger partial charge in [-0.15, -0.1) is 11.3 Å². The van der Waals surface area contributed by atoms with Gasteiger partial charge in [0.15, 0.2) is 0 Å². The van der Waals surface area contributed by atoms with Crippen LogP contribution < -0.4 is 5.32 Å². The van der Waals surface area contributed by atoms with E-state index in [-0.39, 0.29) is 17.7 Å². The van der Waals surface area contributed by atoms with Crippen molar-refractivity contribution >= 4 is 23.2 Å². The highest BCUT2D eigenvalue weighted by molar-refractivity contribution is 7.17. The molecule has 6 nitrogen and oxygen atoms in total. The maximum atomic E-state index is 12.9. The molecule has 1 aliphatic rings. The lowest BCUT2D eigenvalue weighted by atomic mass is 9.97. The zero-order valence-electron chi connectivity index (χ0n) is 14.5. The predicted molar refractivity (Wildman–Crippen MR) is 97.4 cm³/mol. The standard InChI is InChI=1S/C18H22N4O2S/c1-3-19-16(23)13-7-6-10-22(11-13)18(24)15-12(2)21-17(25-15)14-8-4-5-9-20-14/h4-5,8-9,13H,3,6-7,10-11H2,1-2H3,(H,19,23). The molecule has 25 heavy (non-hydrogen) atoms. The Morgan fingerprint density at radius 2 is 2.24 bits per heavy atom.